The second-order valence-electron chi connectivity index (χ2n) is 12.7. The summed E-state index contributed by atoms with van der Waals surface area (Å²) in [7, 11) is 0. The lowest BCUT2D eigenvalue weighted by Crippen LogP contribution is -1.93. The molecule has 48 heavy (non-hydrogen) atoms. The van der Waals surface area contributed by atoms with E-state index in [0.29, 0.717) is 0 Å². The Labute approximate surface area is 279 Å². The largest absolute Gasteiger partial charge is 0.291 e. The number of hydrogen-bond acceptors (Lipinski definition) is 2. The maximum atomic E-state index is 5.47. The number of aromatic nitrogens is 2. The molecule has 0 amide bonds. The molecule has 11 aromatic rings. The van der Waals surface area contributed by atoms with Gasteiger partial charge in [0, 0.05) is 20.9 Å². The van der Waals surface area contributed by atoms with Crippen LogP contribution < -0.4 is 0 Å². The fourth-order valence-corrected chi connectivity index (χ4v) is 9.11. The smallest absolute Gasteiger partial charge is 0.156 e. The second kappa shape index (κ2) is 9.74. The quantitative estimate of drug-likeness (QED) is 0.138. The van der Waals surface area contributed by atoms with Gasteiger partial charge in [-0.1, -0.05) is 133 Å². The normalized spacial score (nSPS) is 12.2. The Morgan fingerprint density at radius 3 is 1.83 bits per heavy atom. The van der Waals surface area contributed by atoms with Crippen LogP contribution in [0.15, 0.2) is 158 Å². The summed E-state index contributed by atoms with van der Waals surface area (Å²) < 4.78 is 4.90. The molecule has 0 bridgehead atoms. The molecule has 3 heterocycles. The lowest BCUT2D eigenvalue weighted by Gasteiger charge is -2.14. The molecular weight excluding hydrogens is 601 g/mol. The molecule has 0 fully saturated rings. The minimum Gasteiger partial charge on any atom is -0.291 e. The van der Waals surface area contributed by atoms with Crippen LogP contribution >= 0.6 is 11.3 Å². The summed E-state index contributed by atoms with van der Waals surface area (Å²) in [5.74, 6) is 0. The van der Waals surface area contributed by atoms with Crippen molar-refractivity contribution < 1.29 is 0 Å². The van der Waals surface area contributed by atoms with Gasteiger partial charge in [-0.25, -0.2) is 4.98 Å². The highest BCUT2D eigenvalue weighted by Crippen LogP contribution is 2.43. The lowest BCUT2D eigenvalue weighted by molar-refractivity contribution is 1.25. The number of hydrogen-bond donors (Lipinski definition) is 0. The minimum absolute atomic E-state index is 1.02. The summed E-state index contributed by atoms with van der Waals surface area (Å²) in [6.45, 7) is 0. The molecule has 0 aliphatic rings. The minimum atomic E-state index is 1.02. The van der Waals surface area contributed by atoms with E-state index in [1.165, 1.54) is 80.0 Å². The maximum absolute atomic E-state index is 5.47. The van der Waals surface area contributed by atoms with Crippen molar-refractivity contribution in [2.75, 3.05) is 0 Å². The van der Waals surface area contributed by atoms with Crippen molar-refractivity contribution in [2.45, 2.75) is 0 Å². The molecule has 11 rings (SSSR count). The molecule has 3 heteroatoms. The van der Waals surface area contributed by atoms with Gasteiger partial charge in [0.1, 0.15) is 0 Å². The Kier molecular flexibility index (Phi) is 5.29. The molecule has 0 spiro atoms. The van der Waals surface area contributed by atoms with E-state index < -0.39 is 0 Å². The van der Waals surface area contributed by atoms with Crippen molar-refractivity contribution >= 4 is 91.3 Å². The molecule has 0 aliphatic carbocycles. The number of nitrogens with zero attached hydrogens (tertiary/aromatic N) is 2. The van der Waals surface area contributed by atoms with Crippen molar-refractivity contribution in [2.24, 2.45) is 0 Å². The SMILES string of the molecule is c1ccc2c(-c3ccc(-c4cc5c6ccccc6sc5c5nc6c7ccc8ccccc8c7ccc6n45)cc3)c3ccccc3cc2c1. The van der Waals surface area contributed by atoms with Crippen LogP contribution in [-0.4, -0.2) is 9.38 Å². The van der Waals surface area contributed by atoms with Crippen LogP contribution in [0, 0.1) is 0 Å². The lowest BCUT2D eigenvalue weighted by atomic mass is 9.91. The molecule has 0 N–H and O–H groups in total. The Morgan fingerprint density at radius 1 is 0.438 bits per heavy atom. The zero-order valence-corrected chi connectivity index (χ0v) is 26.6. The Morgan fingerprint density at radius 2 is 1.06 bits per heavy atom. The Bertz CT molecular complexity index is 3050. The van der Waals surface area contributed by atoms with Crippen molar-refractivity contribution in [3.8, 4) is 22.4 Å². The summed E-state index contributed by atoms with van der Waals surface area (Å²) in [5, 5.41) is 12.6. The summed E-state index contributed by atoms with van der Waals surface area (Å²) in [4.78, 5) is 5.47. The summed E-state index contributed by atoms with van der Waals surface area (Å²) in [6, 6.07) is 57.7. The number of imidazole rings is 1. The van der Waals surface area contributed by atoms with E-state index in [-0.39, 0.29) is 0 Å². The highest BCUT2D eigenvalue weighted by Gasteiger charge is 2.19. The van der Waals surface area contributed by atoms with Crippen LogP contribution in [0.4, 0.5) is 0 Å². The maximum Gasteiger partial charge on any atom is 0.156 e. The molecule has 0 radical (unpaired) electrons. The van der Waals surface area contributed by atoms with E-state index in [0.717, 1.165) is 22.4 Å². The van der Waals surface area contributed by atoms with Crippen molar-refractivity contribution in [3.05, 3.63) is 158 Å². The molecule has 0 atom stereocenters. The van der Waals surface area contributed by atoms with Gasteiger partial charge in [-0.15, -0.1) is 11.3 Å². The van der Waals surface area contributed by atoms with Gasteiger partial charge in [0.15, 0.2) is 5.65 Å². The van der Waals surface area contributed by atoms with E-state index in [4.69, 9.17) is 4.98 Å². The number of fused-ring (bicyclic) bond motifs is 13. The van der Waals surface area contributed by atoms with Crippen LogP contribution in [0.1, 0.15) is 0 Å². The van der Waals surface area contributed by atoms with Gasteiger partial charge < -0.3 is 0 Å². The first-order chi connectivity index (χ1) is 23.8. The highest BCUT2D eigenvalue weighted by atomic mass is 32.1. The summed E-state index contributed by atoms with van der Waals surface area (Å²) in [5.41, 5.74) is 8.02. The van der Waals surface area contributed by atoms with Gasteiger partial charge in [0.25, 0.3) is 0 Å². The summed E-state index contributed by atoms with van der Waals surface area (Å²) in [6.07, 6.45) is 0. The van der Waals surface area contributed by atoms with E-state index in [2.05, 4.69) is 162 Å². The molecule has 2 nitrogen and oxygen atoms in total. The van der Waals surface area contributed by atoms with Gasteiger partial charge in [-0.3, -0.25) is 4.40 Å². The fourth-order valence-electron chi connectivity index (χ4n) is 7.95. The van der Waals surface area contributed by atoms with Crippen LogP contribution in [0.5, 0.6) is 0 Å². The van der Waals surface area contributed by atoms with Gasteiger partial charge in [-0.05, 0) is 78.7 Å². The molecular formula is C45H26N2S. The molecule has 0 saturated carbocycles. The van der Waals surface area contributed by atoms with Crippen LogP contribution in [0.2, 0.25) is 0 Å². The van der Waals surface area contributed by atoms with E-state index >= 15 is 0 Å². The highest BCUT2D eigenvalue weighted by molar-refractivity contribution is 7.26. The first kappa shape index (κ1) is 26.1. The topological polar surface area (TPSA) is 17.3 Å². The standard InChI is InChI=1S/C45H26N2S/c1-4-12-32-27(9-1)21-22-37-35(32)23-24-39-43(37)46-45-44-38(36-15-7-8-16-41(36)48-44)26-40(47(39)45)28-17-19-29(20-18-28)42-33-13-5-2-10-30(33)25-31-11-3-6-14-34(31)42/h1-26H. The average molecular weight is 627 g/mol. The zero-order valence-electron chi connectivity index (χ0n) is 25.8. The third-order valence-electron chi connectivity index (χ3n) is 10.1. The van der Waals surface area contributed by atoms with E-state index in [1.807, 2.05) is 11.3 Å². The van der Waals surface area contributed by atoms with Gasteiger partial charge in [0.2, 0.25) is 0 Å². The fraction of sp³-hybridized carbons (Fsp3) is 0. The molecule has 3 aromatic heterocycles. The zero-order chi connectivity index (χ0) is 31.3. The van der Waals surface area contributed by atoms with E-state index in [9.17, 15) is 0 Å². The van der Waals surface area contributed by atoms with E-state index in [1.54, 1.807) is 0 Å². The van der Waals surface area contributed by atoms with Crippen molar-refractivity contribution in [1.29, 1.82) is 0 Å². The first-order valence-corrected chi connectivity index (χ1v) is 17.2. The molecule has 222 valence electrons. The Hall–Kier alpha value is -6.03. The van der Waals surface area contributed by atoms with Gasteiger partial charge >= 0.3 is 0 Å². The number of benzene rings is 8. The van der Waals surface area contributed by atoms with Crippen LogP contribution in [0.25, 0.3) is 102 Å². The molecule has 0 unspecified atom stereocenters. The van der Waals surface area contributed by atoms with Crippen molar-refractivity contribution in [1.82, 2.24) is 9.38 Å². The number of thiophene rings is 1. The Balaban J connectivity index is 1.21. The molecule has 0 saturated heterocycles. The van der Waals surface area contributed by atoms with Gasteiger partial charge in [-0.2, -0.15) is 0 Å². The monoisotopic (exact) mass is 626 g/mol. The third-order valence-corrected chi connectivity index (χ3v) is 11.3. The predicted molar refractivity (Wildman–Crippen MR) is 206 cm³/mol. The second-order valence-corrected chi connectivity index (χ2v) is 13.8. The van der Waals surface area contributed by atoms with Crippen molar-refractivity contribution in [3.63, 3.8) is 0 Å². The first-order valence-electron chi connectivity index (χ1n) is 16.4. The predicted octanol–water partition coefficient (Wildman–Crippen LogP) is 12.8. The summed E-state index contributed by atoms with van der Waals surface area (Å²) >= 11 is 1.84. The number of rotatable bonds is 2. The molecule has 0 aliphatic heterocycles. The van der Waals surface area contributed by atoms with Crippen LogP contribution in [-0.2, 0) is 0 Å². The van der Waals surface area contributed by atoms with Crippen LogP contribution in [0.3, 0.4) is 0 Å². The average Bonchev–Trinajstić information content (AvgIpc) is 3.73. The number of pyridine rings is 1. The molecule has 8 aromatic carbocycles. The van der Waals surface area contributed by atoms with Gasteiger partial charge in [0.05, 0.1) is 21.4 Å². The third kappa shape index (κ3) is 3.59.